The minimum atomic E-state index is 0.725. The molecule has 118 valence electrons. The second-order valence-electron chi connectivity index (χ2n) is 7.29. The highest BCUT2D eigenvalue weighted by atomic mass is 15.2. The lowest BCUT2D eigenvalue weighted by Gasteiger charge is -2.45. The topological polar surface area (TPSA) is 18.5 Å². The van der Waals surface area contributed by atoms with Gasteiger partial charge in [0.05, 0.1) is 0 Å². The van der Waals surface area contributed by atoms with Gasteiger partial charge in [-0.05, 0) is 78.2 Å². The van der Waals surface area contributed by atoms with E-state index in [9.17, 15) is 0 Å². The van der Waals surface area contributed by atoms with E-state index in [1.807, 2.05) is 0 Å². The van der Waals surface area contributed by atoms with Crippen molar-refractivity contribution in [2.75, 3.05) is 40.8 Å². The number of piperidine rings is 1. The molecular weight excluding hydrogens is 246 g/mol. The number of nitrogens with one attached hydrogen (secondary N) is 1. The van der Waals surface area contributed by atoms with Gasteiger partial charge in [0.15, 0.2) is 0 Å². The zero-order chi connectivity index (χ0) is 14.5. The summed E-state index contributed by atoms with van der Waals surface area (Å²) in [4.78, 5) is 5.15. The summed E-state index contributed by atoms with van der Waals surface area (Å²) in [6.45, 7) is 6.27. The SMILES string of the molecule is CCC1CCC(NC)C(N2CCC(CN(C)C)CC2)C1. The molecule has 1 saturated heterocycles. The molecule has 1 N–H and O–H groups in total. The van der Waals surface area contributed by atoms with Gasteiger partial charge in [-0.15, -0.1) is 0 Å². The highest BCUT2D eigenvalue weighted by molar-refractivity contribution is 4.92. The molecule has 1 saturated carbocycles. The molecule has 0 aromatic heterocycles. The molecule has 2 aliphatic rings. The Labute approximate surface area is 126 Å². The third-order valence-corrected chi connectivity index (χ3v) is 5.61. The van der Waals surface area contributed by atoms with Crippen LogP contribution in [-0.2, 0) is 0 Å². The van der Waals surface area contributed by atoms with Crippen LogP contribution < -0.4 is 5.32 Å². The van der Waals surface area contributed by atoms with Crippen molar-refractivity contribution < 1.29 is 0 Å². The zero-order valence-corrected chi connectivity index (χ0v) is 14.1. The van der Waals surface area contributed by atoms with Gasteiger partial charge >= 0.3 is 0 Å². The zero-order valence-electron chi connectivity index (χ0n) is 14.1. The molecule has 1 aliphatic heterocycles. The van der Waals surface area contributed by atoms with Crippen molar-refractivity contribution in [1.82, 2.24) is 15.1 Å². The molecule has 1 heterocycles. The molecule has 0 radical (unpaired) electrons. The summed E-state index contributed by atoms with van der Waals surface area (Å²) in [5, 5.41) is 3.59. The second kappa shape index (κ2) is 7.77. The summed E-state index contributed by atoms with van der Waals surface area (Å²) in [5.74, 6) is 1.88. The molecule has 3 unspecified atom stereocenters. The minimum absolute atomic E-state index is 0.725. The smallest absolute Gasteiger partial charge is 0.0251 e. The Morgan fingerprint density at radius 1 is 1.05 bits per heavy atom. The summed E-state index contributed by atoms with van der Waals surface area (Å²) in [7, 11) is 6.56. The van der Waals surface area contributed by atoms with Gasteiger partial charge in [0.1, 0.15) is 0 Å². The third kappa shape index (κ3) is 4.19. The maximum atomic E-state index is 3.59. The standard InChI is InChI=1S/C17H35N3/c1-5-14-6-7-16(18-2)17(12-14)20-10-8-15(9-11-20)13-19(3)4/h14-18H,5-13H2,1-4H3. The van der Waals surface area contributed by atoms with Gasteiger partial charge in [-0.2, -0.15) is 0 Å². The Hall–Kier alpha value is -0.120. The van der Waals surface area contributed by atoms with Gasteiger partial charge in [0.2, 0.25) is 0 Å². The van der Waals surface area contributed by atoms with Crippen LogP contribution in [0.5, 0.6) is 0 Å². The van der Waals surface area contributed by atoms with Crippen molar-refractivity contribution in [3.8, 4) is 0 Å². The normalized spacial score (nSPS) is 33.8. The fraction of sp³-hybridized carbons (Fsp3) is 1.00. The number of rotatable bonds is 5. The predicted molar refractivity (Wildman–Crippen MR) is 87.1 cm³/mol. The Kier molecular flexibility index (Phi) is 6.31. The van der Waals surface area contributed by atoms with Crippen molar-refractivity contribution in [3.63, 3.8) is 0 Å². The lowest BCUT2D eigenvalue weighted by Crippen LogP contribution is -2.54. The molecule has 0 bridgehead atoms. The summed E-state index contributed by atoms with van der Waals surface area (Å²) in [6.07, 6.45) is 8.36. The molecule has 3 heteroatoms. The quantitative estimate of drug-likeness (QED) is 0.835. The van der Waals surface area contributed by atoms with Crippen molar-refractivity contribution in [3.05, 3.63) is 0 Å². The van der Waals surface area contributed by atoms with Crippen LogP contribution in [0, 0.1) is 11.8 Å². The molecule has 3 nitrogen and oxygen atoms in total. The van der Waals surface area contributed by atoms with Gasteiger partial charge in [0.25, 0.3) is 0 Å². The average Bonchev–Trinajstić information content (AvgIpc) is 2.46. The molecule has 0 amide bonds. The van der Waals surface area contributed by atoms with Crippen LogP contribution >= 0.6 is 0 Å². The van der Waals surface area contributed by atoms with Gasteiger partial charge < -0.3 is 10.2 Å². The van der Waals surface area contributed by atoms with Gasteiger partial charge in [-0.3, -0.25) is 4.90 Å². The minimum Gasteiger partial charge on any atom is -0.315 e. The molecular formula is C17H35N3. The lowest BCUT2D eigenvalue weighted by atomic mass is 9.79. The maximum absolute atomic E-state index is 3.59. The first-order valence-corrected chi connectivity index (χ1v) is 8.70. The van der Waals surface area contributed by atoms with Crippen LogP contribution in [0.3, 0.4) is 0 Å². The summed E-state index contributed by atoms with van der Waals surface area (Å²) >= 11 is 0. The van der Waals surface area contributed by atoms with E-state index in [4.69, 9.17) is 0 Å². The summed E-state index contributed by atoms with van der Waals surface area (Å²) in [5.41, 5.74) is 0. The van der Waals surface area contributed by atoms with E-state index in [0.717, 1.165) is 23.9 Å². The largest absolute Gasteiger partial charge is 0.315 e. The van der Waals surface area contributed by atoms with Crippen LogP contribution in [0.15, 0.2) is 0 Å². The number of nitrogens with zero attached hydrogens (tertiary/aromatic N) is 2. The lowest BCUT2D eigenvalue weighted by molar-refractivity contribution is 0.0617. The van der Waals surface area contributed by atoms with Gasteiger partial charge in [-0.25, -0.2) is 0 Å². The summed E-state index contributed by atoms with van der Waals surface area (Å²) < 4.78 is 0. The van der Waals surface area contributed by atoms with E-state index >= 15 is 0 Å². The first-order chi connectivity index (χ1) is 9.63. The summed E-state index contributed by atoms with van der Waals surface area (Å²) in [6, 6.07) is 1.52. The first-order valence-electron chi connectivity index (χ1n) is 8.70. The molecule has 3 atom stereocenters. The third-order valence-electron chi connectivity index (χ3n) is 5.61. The Morgan fingerprint density at radius 3 is 2.30 bits per heavy atom. The molecule has 0 aromatic carbocycles. The van der Waals surface area contributed by atoms with Crippen molar-refractivity contribution in [2.24, 2.45) is 11.8 Å². The van der Waals surface area contributed by atoms with Crippen molar-refractivity contribution in [1.29, 1.82) is 0 Å². The van der Waals surface area contributed by atoms with Crippen molar-refractivity contribution in [2.45, 2.75) is 57.5 Å². The van der Waals surface area contributed by atoms with Gasteiger partial charge in [0, 0.05) is 18.6 Å². The predicted octanol–water partition coefficient (Wildman–Crippen LogP) is 2.43. The van der Waals surface area contributed by atoms with E-state index in [1.54, 1.807) is 0 Å². The first kappa shape index (κ1) is 16.3. The number of likely N-dealkylation sites (tertiary alicyclic amines) is 1. The maximum Gasteiger partial charge on any atom is 0.0251 e. The highest BCUT2D eigenvalue weighted by Gasteiger charge is 2.34. The molecule has 20 heavy (non-hydrogen) atoms. The van der Waals surface area contributed by atoms with Crippen molar-refractivity contribution >= 4 is 0 Å². The Balaban J connectivity index is 1.86. The monoisotopic (exact) mass is 281 g/mol. The van der Waals surface area contributed by atoms with Crippen LogP contribution in [0.4, 0.5) is 0 Å². The Bertz CT molecular complexity index is 271. The molecule has 2 fully saturated rings. The Morgan fingerprint density at radius 2 is 1.75 bits per heavy atom. The molecule has 0 aromatic rings. The molecule has 0 spiro atoms. The number of likely N-dealkylation sites (N-methyl/N-ethyl adjacent to an activating group) is 1. The fourth-order valence-electron chi connectivity index (χ4n) is 4.33. The number of hydrogen-bond donors (Lipinski definition) is 1. The van der Waals surface area contributed by atoms with Gasteiger partial charge in [-0.1, -0.05) is 13.3 Å². The van der Waals surface area contributed by atoms with Crippen LogP contribution in [-0.4, -0.2) is 62.7 Å². The molecule has 2 rings (SSSR count). The van der Waals surface area contributed by atoms with Crippen LogP contribution in [0.2, 0.25) is 0 Å². The number of hydrogen-bond acceptors (Lipinski definition) is 3. The van der Waals surface area contributed by atoms with Crippen LogP contribution in [0.25, 0.3) is 0 Å². The van der Waals surface area contributed by atoms with Crippen LogP contribution in [0.1, 0.15) is 45.4 Å². The van der Waals surface area contributed by atoms with E-state index in [2.05, 4.69) is 43.2 Å². The highest BCUT2D eigenvalue weighted by Crippen LogP contribution is 2.32. The van der Waals surface area contributed by atoms with E-state index < -0.39 is 0 Å². The second-order valence-corrected chi connectivity index (χ2v) is 7.29. The van der Waals surface area contributed by atoms with E-state index in [1.165, 1.54) is 58.2 Å². The fourth-order valence-corrected chi connectivity index (χ4v) is 4.33. The average molecular weight is 281 g/mol. The van der Waals surface area contributed by atoms with E-state index in [-0.39, 0.29) is 0 Å². The van der Waals surface area contributed by atoms with E-state index in [0.29, 0.717) is 0 Å². The molecule has 1 aliphatic carbocycles.